The van der Waals surface area contributed by atoms with Gasteiger partial charge in [0.2, 0.25) is 6.79 Å². The zero-order chi connectivity index (χ0) is 24.6. The van der Waals surface area contributed by atoms with E-state index >= 15 is 0 Å². The third-order valence-electron chi connectivity index (χ3n) is 4.92. The van der Waals surface area contributed by atoms with Gasteiger partial charge in [0.25, 0.3) is 11.8 Å². The molecule has 2 amide bonds. The largest absolute Gasteiger partial charge is 0.507 e. The van der Waals surface area contributed by atoms with Gasteiger partial charge in [0.1, 0.15) is 17.2 Å². The van der Waals surface area contributed by atoms with E-state index in [-0.39, 0.29) is 18.2 Å². The molecule has 1 heterocycles. The lowest BCUT2D eigenvalue weighted by Gasteiger charge is -2.10. The molecule has 3 aromatic carbocycles. The SMILES string of the molecule is CCOc1ccc(/C=N/NC(=O)/C(=C\c2ccc3c(c2)OCO3)NC(=O)c2ccccc2)c(O)c1. The van der Waals surface area contributed by atoms with Crippen LogP contribution < -0.4 is 25.0 Å². The van der Waals surface area contributed by atoms with Crippen LogP contribution in [0.3, 0.4) is 0 Å². The Morgan fingerprint density at radius 2 is 1.86 bits per heavy atom. The van der Waals surface area contributed by atoms with Crippen molar-refractivity contribution in [2.45, 2.75) is 6.92 Å². The van der Waals surface area contributed by atoms with E-state index in [1.165, 1.54) is 18.4 Å². The van der Waals surface area contributed by atoms with Crippen LogP contribution in [0.15, 0.2) is 77.5 Å². The number of hydrogen-bond acceptors (Lipinski definition) is 7. The highest BCUT2D eigenvalue weighted by Crippen LogP contribution is 2.33. The maximum Gasteiger partial charge on any atom is 0.287 e. The minimum Gasteiger partial charge on any atom is -0.507 e. The minimum absolute atomic E-state index is 0.0363. The van der Waals surface area contributed by atoms with Gasteiger partial charge >= 0.3 is 0 Å². The van der Waals surface area contributed by atoms with Gasteiger partial charge in [-0.25, -0.2) is 5.43 Å². The zero-order valence-corrected chi connectivity index (χ0v) is 18.9. The van der Waals surface area contributed by atoms with Gasteiger partial charge in [-0.3, -0.25) is 9.59 Å². The van der Waals surface area contributed by atoms with Crippen LogP contribution in [0.2, 0.25) is 0 Å². The molecule has 0 saturated carbocycles. The van der Waals surface area contributed by atoms with Crippen molar-refractivity contribution in [3.05, 3.63) is 89.1 Å². The van der Waals surface area contributed by atoms with Gasteiger partial charge < -0.3 is 24.6 Å². The fourth-order valence-electron chi connectivity index (χ4n) is 3.22. The Balaban J connectivity index is 1.53. The van der Waals surface area contributed by atoms with Gasteiger partial charge in [-0.2, -0.15) is 5.10 Å². The molecule has 0 aliphatic carbocycles. The number of hydrazone groups is 1. The number of phenols is 1. The number of phenolic OH excluding ortho intramolecular Hbond substituents is 1. The topological polar surface area (TPSA) is 118 Å². The van der Waals surface area contributed by atoms with Gasteiger partial charge in [0.15, 0.2) is 11.5 Å². The number of ether oxygens (including phenoxy) is 3. The second kappa shape index (κ2) is 10.9. The van der Waals surface area contributed by atoms with E-state index in [9.17, 15) is 14.7 Å². The van der Waals surface area contributed by atoms with E-state index in [1.54, 1.807) is 60.7 Å². The zero-order valence-electron chi connectivity index (χ0n) is 18.9. The lowest BCUT2D eigenvalue weighted by Crippen LogP contribution is -2.32. The van der Waals surface area contributed by atoms with E-state index in [4.69, 9.17) is 14.2 Å². The van der Waals surface area contributed by atoms with Crippen LogP contribution >= 0.6 is 0 Å². The molecule has 3 aromatic rings. The van der Waals surface area contributed by atoms with Crippen LogP contribution in [0.25, 0.3) is 6.08 Å². The monoisotopic (exact) mass is 473 g/mol. The Hall–Kier alpha value is -4.79. The standard InChI is InChI=1S/C26H23N3O6/c1-2-33-20-10-9-19(22(30)14-20)15-27-29-26(32)21(28-25(31)18-6-4-3-5-7-18)12-17-8-11-23-24(13-17)35-16-34-23/h3-15,30H,2,16H2,1H3,(H,28,31)(H,29,32)/b21-12+,27-15+. The number of carbonyl (C=O) groups is 2. The Bertz CT molecular complexity index is 1290. The number of fused-ring (bicyclic) bond motifs is 1. The van der Waals surface area contributed by atoms with Gasteiger partial charge in [0.05, 0.1) is 12.8 Å². The van der Waals surface area contributed by atoms with Gasteiger partial charge in [-0.15, -0.1) is 0 Å². The van der Waals surface area contributed by atoms with Crippen LogP contribution in [0.5, 0.6) is 23.0 Å². The molecule has 0 spiro atoms. The average molecular weight is 473 g/mol. The molecular formula is C26H23N3O6. The molecule has 0 aromatic heterocycles. The number of amides is 2. The number of rotatable bonds is 8. The van der Waals surface area contributed by atoms with E-state index in [2.05, 4.69) is 15.8 Å². The first kappa shape index (κ1) is 23.4. The maximum absolute atomic E-state index is 12.9. The summed E-state index contributed by atoms with van der Waals surface area (Å²) < 4.78 is 16.0. The lowest BCUT2D eigenvalue weighted by molar-refractivity contribution is -0.117. The van der Waals surface area contributed by atoms with Crippen LogP contribution in [0.4, 0.5) is 0 Å². The van der Waals surface area contributed by atoms with E-state index in [1.807, 2.05) is 6.92 Å². The highest BCUT2D eigenvalue weighted by atomic mass is 16.7. The molecular weight excluding hydrogens is 450 g/mol. The van der Waals surface area contributed by atoms with Crippen molar-refractivity contribution in [3.63, 3.8) is 0 Å². The maximum atomic E-state index is 12.9. The average Bonchev–Trinajstić information content (AvgIpc) is 3.33. The molecule has 178 valence electrons. The van der Waals surface area contributed by atoms with Gasteiger partial charge in [-0.05, 0) is 55.0 Å². The van der Waals surface area contributed by atoms with Crippen LogP contribution in [0.1, 0.15) is 28.4 Å². The first-order valence-corrected chi connectivity index (χ1v) is 10.8. The smallest absolute Gasteiger partial charge is 0.287 e. The fraction of sp³-hybridized carbons (Fsp3) is 0.115. The Kier molecular flexibility index (Phi) is 7.27. The van der Waals surface area contributed by atoms with Crippen molar-refractivity contribution >= 4 is 24.1 Å². The fourth-order valence-corrected chi connectivity index (χ4v) is 3.22. The van der Waals surface area contributed by atoms with Crippen molar-refractivity contribution < 1.29 is 28.9 Å². The molecule has 0 unspecified atom stereocenters. The quantitative estimate of drug-likeness (QED) is 0.262. The molecule has 0 bridgehead atoms. The normalized spacial score (nSPS) is 12.4. The van der Waals surface area contributed by atoms with Crippen molar-refractivity contribution in [1.82, 2.24) is 10.7 Å². The number of nitrogens with zero attached hydrogens (tertiary/aromatic N) is 1. The summed E-state index contributed by atoms with van der Waals surface area (Å²) in [6, 6.07) is 18.4. The predicted octanol–water partition coefficient (Wildman–Crippen LogP) is 3.44. The second-order valence-electron chi connectivity index (χ2n) is 7.34. The summed E-state index contributed by atoms with van der Waals surface area (Å²) in [7, 11) is 0. The van der Waals surface area contributed by atoms with E-state index in [0.29, 0.717) is 40.5 Å². The lowest BCUT2D eigenvalue weighted by atomic mass is 10.1. The van der Waals surface area contributed by atoms with Crippen LogP contribution in [-0.4, -0.2) is 36.5 Å². The second-order valence-corrected chi connectivity index (χ2v) is 7.34. The first-order valence-electron chi connectivity index (χ1n) is 10.8. The summed E-state index contributed by atoms with van der Waals surface area (Å²) in [4.78, 5) is 25.6. The molecule has 0 atom stereocenters. The molecule has 0 radical (unpaired) electrons. The summed E-state index contributed by atoms with van der Waals surface area (Å²) in [5, 5.41) is 16.7. The molecule has 0 saturated heterocycles. The summed E-state index contributed by atoms with van der Waals surface area (Å²) in [5.74, 6) is 0.485. The Morgan fingerprint density at radius 3 is 2.63 bits per heavy atom. The molecule has 9 heteroatoms. The molecule has 35 heavy (non-hydrogen) atoms. The summed E-state index contributed by atoms with van der Waals surface area (Å²) in [6.45, 7) is 2.43. The number of aromatic hydroxyl groups is 1. The van der Waals surface area contributed by atoms with Crippen LogP contribution in [-0.2, 0) is 4.79 Å². The summed E-state index contributed by atoms with van der Waals surface area (Å²) in [5.41, 5.74) is 3.72. The molecule has 4 rings (SSSR count). The number of carbonyl (C=O) groups excluding carboxylic acids is 2. The minimum atomic E-state index is -0.659. The van der Waals surface area contributed by atoms with Gasteiger partial charge in [-0.1, -0.05) is 24.3 Å². The van der Waals surface area contributed by atoms with Crippen molar-refractivity contribution in [3.8, 4) is 23.0 Å². The number of nitrogens with one attached hydrogen (secondary N) is 2. The first-order chi connectivity index (χ1) is 17.0. The Labute approximate surface area is 201 Å². The third-order valence-corrected chi connectivity index (χ3v) is 4.92. The predicted molar refractivity (Wildman–Crippen MR) is 129 cm³/mol. The highest BCUT2D eigenvalue weighted by Gasteiger charge is 2.17. The number of benzene rings is 3. The molecule has 3 N–H and O–H groups in total. The summed E-state index contributed by atoms with van der Waals surface area (Å²) >= 11 is 0. The van der Waals surface area contributed by atoms with E-state index < -0.39 is 11.8 Å². The van der Waals surface area contributed by atoms with Crippen molar-refractivity contribution in [2.24, 2.45) is 5.10 Å². The van der Waals surface area contributed by atoms with Crippen molar-refractivity contribution in [1.29, 1.82) is 0 Å². The summed E-state index contributed by atoms with van der Waals surface area (Å²) in [6.07, 6.45) is 2.79. The van der Waals surface area contributed by atoms with Crippen molar-refractivity contribution in [2.75, 3.05) is 13.4 Å². The molecule has 1 aliphatic heterocycles. The van der Waals surface area contributed by atoms with E-state index in [0.717, 1.165) is 0 Å². The van der Waals surface area contributed by atoms with Gasteiger partial charge in [0, 0.05) is 17.2 Å². The molecule has 9 nitrogen and oxygen atoms in total. The molecule has 1 aliphatic rings. The van der Waals surface area contributed by atoms with Crippen LogP contribution in [0, 0.1) is 0 Å². The highest BCUT2D eigenvalue weighted by molar-refractivity contribution is 6.05. The molecule has 0 fully saturated rings. The third kappa shape index (κ3) is 5.97. The number of hydrogen-bond donors (Lipinski definition) is 3. The Morgan fingerprint density at radius 1 is 1.06 bits per heavy atom.